The van der Waals surface area contributed by atoms with E-state index in [9.17, 15) is 9.59 Å². The molecule has 1 aromatic carbocycles. The van der Waals surface area contributed by atoms with Crippen molar-refractivity contribution >= 4 is 23.2 Å². The molecule has 2 amide bonds. The maximum Gasteiger partial charge on any atom is 0.270 e. The predicted octanol–water partition coefficient (Wildman–Crippen LogP) is 1.81. The van der Waals surface area contributed by atoms with Crippen molar-refractivity contribution in [2.24, 2.45) is 5.10 Å². The summed E-state index contributed by atoms with van der Waals surface area (Å²) in [6, 6.07) is 9.21. The van der Waals surface area contributed by atoms with E-state index in [-0.39, 0.29) is 17.9 Å². The molecule has 1 atom stereocenters. The lowest BCUT2D eigenvalue weighted by atomic mass is 10.1. The van der Waals surface area contributed by atoms with E-state index in [1.54, 1.807) is 4.90 Å². The van der Waals surface area contributed by atoms with Gasteiger partial charge >= 0.3 is 0 Å². The number of para-hydroxylation sites is 1. The van der Waals surface area contributed by atoms with Gasteiger partial charge in [-0.25, -0.2) is 5.01 Å². The summed E-state index contributed by atoms with van der Waals surface area (Å²) in [5.41, 5.74) is 1.14. The number of carbonyl (C=O) groups is 2. The average molecular weight is 315 g/mol. The molecular weight excluding hydrogens is 294 g/mol. The molecule has 3 rings (SSSR count). The van der Waals surface area contributed by atoms with E-state index in [1.807, 2.05) is 37.3 Å². The number of carbonyl (C=O) groups excluding carboxylic acids is 2. The molecule has 0 N–H and O–H groups in total. The van der Waals surface area contributed by atoms with Gasteiger partial charge in [-0.2, -0.15) is 5.10 Å². The Morgan fingerprint density at radius 2 is 2.09 bits per heavy atom. The number of rotatable bonds is 3. The Kier molecular flexibility index (Phi) is 4.71. The summed E-state index contributed by atoms with van der Waals surface area (Å²) in [5.74, 6) is -0.165. The van der Waals surface area contributed by atoms with Crippen molar-refractivity contribution in [1.29, 1.82) is 0 Å². The molecule has 0 aliphatic carbocycles. The van der Waals surface area contributed by atoms with Crippen molar-refractivity contribution in [3.63, 3.8) is 0 Å². The number of anilines is 1. The summed E-state index contributed by atoms with van der Waals surface area (Å²) in [7, 11) is 0. The zero-order valence-corrected chi connectivity index (χ0v) is 13.3. The van der Waals surface area contributed by atoms with Crippen LogP contribution in [0, 0.1) is 0 Å². The monoisotopic (exact) mass is 315 g/mol. The van der Waals surface area contributed by atoms with Crippen LogP contribution in [0.5, 0.6) is 0 Å². The van der Waals surface area contributed by atoms with Gasteiger partial charge < -0.3 is 9.64 Å². The molecule has 0 aromatic heterocycles. The predicted molar refractivity (Wildman–Crippen MR) is 87.2 cm³/mol. The normalized spacial score (nSPS) is 22.0. The van der Waals surface area contributed by atoms with Gasteiger partial charge in [0, 0.05) is 25.9 Å². The summed E-state index contributed by atoms with van der Waals surface area (Å²) < 4.78 is 5.60. The lowest BCUT2D eigenvalue weighted by Crippen LogP contribution is -2.49. The minimum Gasteiger partial charge on any atom is -0.375 e. The molecular formula is C17H21N3O3. The highest BCUT2D eigenvalue weighted by Gasteiger charge is 2.30. The second kappa shape index (κ2) is 6.91. The minimum absolute atomic E-state index is 0.0823. The number of morpholine rings is 1. The first kappa shape index (κ1) is 15.7. The molecule has 6 nitrogen and oxygen atoms in total. The fourth-order valence-corrected chi connectivity index (χ4v) is 2.81. The molecule has 1 saturated heterocycles. The summed E-state index contributed by atoms with van der Waals surface area (Å²) in [4.78, 5) is 26.6. The molecule has 0 spiro atoms. The maximum absolute atomic E-state index is 12.7. The Bertz CT molecular complexity index is 615. The molecule has 1 fully saturated rings. The van der Waals surface area contributed by atoms with Crippen LogP contribution in [-0.2, 0) is 14.3 Å². The molecule has 0 bridgehead atoms. The van der Waals surface area contributed by atoms with Crippen molar-refractivity contribution in [2.75, 3.05) is 24.7 Å². The van der Waals surface area contributed by atoms with Crippen molar-refractivity contribution in [3.05, 3.63) is 30.3 Å². The van der Waals surface area contributed by atoms with Crippen molar-refractivity contribution in [3.8, 4) is 0 Å². The highest BCUT2D eigenvalue weighted by atomic mass is 16.5. The zero-order valence-electron chi connectivity index (χ0n) is 13.3. The SMILES string of the molecule is CC[C@H]1CN(C(=O)C2=NN(c3ccccc3)C(=O)CC2)CCO1. The molecule has 2 aliphatic rings. The van der Waals surface area contributed by atoms with E-state index in [0.29, 0.717) is 43.9 Å². The van der Waals surface area contributed by atoms with E-state index in [2.05, 4.69) is 5.10 Å². The number of ether oxygens (including phenoxy) is 1. The molecule has 2 heterocycles. The molecule has 0 radical (unpaired) electrons. The first-order valence-electron chi connectivity index (χ1n) is 8.05. The summed E-state index contributed by atoms with van der Waals surface area (Å²) >= 11 is 0. The highest BCUT2D eigenvalue weighted by Crippen LogP contribution is 2.21. The molecule has 0 saturated carbocycles. The van der Waals surface area contributed by atoms with E-state index >= 15 is 0 Å². The lowest BCUT2D eigenvalue weighted by Gasteiger charge is -2.33. The Morgan fingerprint density at radius 3 is 2.83 bits per heavy atom. The Labute approximate surface area is 135 Å². The fraction of sp³-hybridized carbons (Fsp3) is 0.471. The fourth-order valence-electron chi connectivity index (χ4n) is 2.81. The van der Waals surface area contributed by atoms with Gasteiger partial charge in [-0.1, -0.05) is 25.1 Å². The van der Waals surface area contributed by atoms with Gasteiger partial charge in [0.1, 0.15) is 5.71 Å². The van der Waals surface area contributed by atoms with Gasteiger partial charge in [0.2, 0.25) is 5.91 Å². The van der Waals surface area contributed by atoms with E-state index < -0.39 is 0 Å². The van der Waals surface area contributed by atoms with Gasteiger partial charge in [0.15, 0.2) is 0 Å². The van der Waals surface area contributed by atoms with Gasteiger partial charge in [-0.15, -0.1) is 0 Å². The molecule has 1 aromatic rings. The van der Waals surface area contributed by atoms with Crippen molar-refractivity contribution < 1.29 is 14.3 Å². The standard InChI is InChI=1S/C17H21N3O3/c1-2-14-12-19(10-11-23-14)17(22)15-8-9-16(21)20(18-15)13-6-4-3-5-7-13/h3-7,14H,2,8-12H2,1H3/t14-/m0/s1. The van der Waals surface area contributed by atoms with Crippen LogP contribution >= 0.6 is 0 Å². The maximum atomic E-state index is 12.7. The number of nitrogens with zero attached hydrogens (tertiary/aromatic N) is 3. The zero-order chi connectivity index (χ0) is 16.2. The van der Waals surface area contributed by atoms with Crippen LogP contribution < -0.4 is 5.01 Å². The molecule has 23 heavy (non-hydrogen) atoms. The Hall–Kier alpha value is -2.21. The number of hydrogen-bond acceptors (Lipinski definition) is 4. The second-order valence-corrected chi connectivity index (χ2v) is 5.74. The number of amides is 2. The molecule has 6 heteroatoms. The van der Waals surface area contributed by atoms with Crippen LogP contribution in [-0.4, -0.2) is 48.2 Å². The van der Waals surface area contributed by atoms with Gasteiger partial charge in [0.05, 0.1) is 18.4 Å². The quantitative estimate of drug-likeness (QED) is 0.854. The average Bonchev–Trinajstić information content (AvgIpc) is 2.62. The Balaban J connectivity index is 1.78. The minimum atomic E-state index is -0.0832. The largest absolute Gasteiger partial charge is 0.375 e. The van der Waals surface area contributed by atoms with Crippen LogP contribution in [0.2, 0.25) is 0 Å². The molecule has 2 aliphatic heterocycles. The van der Waals surface area contributed by atoms with Crippen molar-refractivity contribution in [2.45, 2.75) is 32.3 Å². The summed E-state index contributed by atoms with van der Waals surface area (Å²) in [5, 5.41) is 5.67. The van der Waals surface area contributed by atoms with Gasteiger partial charge in [-0.3, -0.25) is 9.59 Å². The van der Waals surface area contributed by atoms with Crippen LogP contribution in [0.4, 0.5) is 5.69 Å². The van der Waals surface area contributed by atoms with Crippen molar-refractivity contribution in [1.82, 2.24) is 4.90 Å². The van der Waals surface area contributed by atoms with Gasteiger partial charge in [0.25, 0.3) is 5.91 Å². The van der Waals surface area contributed by atoms with Crippen LogP contribution in [0.3, 0.4) is 0 Å². The number of benzene rings is 1. The van der Waals surface area contributed by atoms with E-state index in [1.165, 1.54) is 5.01 Å². The van der Waals surface area contributed by atoms with Gasteiger partial charge in [-0.05, 0) is 18.6 Å². The topological polar surface area (TPSA) is 62.2 Å². The Morgan fingerprint density at radius 1 is 1.30 bits per heavy atom. The summed E-state index contributed by atoms with van der Waals surface area (Å²) in [6.07, 6.45) is 1.67. The molecule has 122 valence electrons. The third-order valence-electron chi connectivity index (χ3n) is 4.16. The third kappa shape index (κ3) is 3.42. The van der Waals surface area contributed by atoms with E-state index in [0.717, 1.165) is 6.42 Å². The highest BCUT2D eigenvalue weighted by molar-refractivity contribution is 6.40. The van der Waals surface area contributed by atoms with E-state index in [4.69, 9.17) is 4.74 Å². The summed E-state index contributed by atoms with van der Waals surface area (Å²) in [6.45, 7) is 3.77. The van der Waals surface area contributed by atoms with Crippen LogP contribution in [0.25, 0.3) is 0 Å². The first-order valence-corrected chi connectivity index (χ1v) is 8.05. The van der Waals surface area contributed by atoms with Crippen LogP contribution in [0.15, 0.2) is 35.4 Å². The smallest absolute Gasteiger partial charge is 0.270 e. The number of hydrazone groups is 1. The second-order valence-electron chi connectivity index (χ2n) is 5.74. The number of hydrogen-bond donors (Lipinski definition) is 0. The lowest BCUT2D eigenvalue weighted by molar-refractivity contribution is -0.131. The molecule has 0 unspecified atom stereocenters. The third-order valence-corrected chi connectivity index (χ3v) is 4.16. The first-order chi connectivity index (χ1) is 11.2. The van der Waals surface area contributed by atoms with Crippen LogP contribution in [0.1, 0.15) is 26.2 Å².